The molecule has 0 N–H and O–H groups in total. The number of carbonyl (C=O) groups is 1. The Morgan fingerprint density at radius 1 is 1.25 bits per heavy atom. The summed E-state index contributed by atoms with van der Waals surface area (Å²) < 4.78 is 7.13. The number of methoxy groups -OCH3 is 1. The molecule has 0 aliphatic heterocycles. The van der Waals surface area contributed by atoms with Crippen LogP contribution in [0.4, 0.5) is 0 Å². The molecule has 1 aliphatic rings. The number of nitrogens with zero attached hydrogens (tertiary/aromatic N) is 1. The van der Waals surface area contributed by atoms with Crippen molar-refractivity contribution in [3.05, 3.63) is 36.0 Å². The van der Waals surface area contributed by atoms with Crippen molar-refractivity contribution >= 4 is 16.9 Å². The molecule has 1 heterocycles. The van der Waals surface area contributed by atoms with Crippen LogP contribution < -0.4 is 0 Å². The highest BCUT2D eigenvalue weighted by molar-refractivity contribution is 6.04. The minimum absolute atomic E-state index is 0.247. The van der Waals surface area contributed by atoms with E-state index in [2.05, 4.69) is 10.6 Å². The zero-order valence-electron chi connectivity index (χ0n) is 12.0. The minimum Gasteiger partial charge on any atom is -0.465 e. The van der Waals surface area contributed by atoms with E-state index in [0.717, 1.165) is 23.4 Å². The van der Waals surface area contributed by atoms with E-state index < -0.39 is 0 Å². The Kier molecular flexibility index (Phi) is 3.77. The van der Waals surface area contributed by atoms with Crippen LogP contribution in [0.25, 0.3) is 10.9 Å². The smallest absolute Gasteiger partial charge is 0.340 e. The Labute approximate surface area is 119 Å². The molecule has 1 aromatic carbocycles. The number of carbonyl (C=O) groups excluding carboxylic acids is 1. The van der Waals surface area contributed by atoms with Gasteiger partial charge < -0.3 is 9.30 Å². The van der Waals surface area contributed by atoms with Crippen LogP contribution in [0.3, 0.4) is 0 Å². The van der Waals surface area contributed by atoms with Crippen LogP contribution in [0.2, 0.25) is 0 Å². The third-order valence-corrected chi connectivity index (χ3v) is 4.37. The number of rotatable bonds is 3. The van der Waals surface area contributed by atoms with Gasteiger partial charge in [0.15, 0.2) is 0 Å². The highest BCUT2D eigenvalue weighted by Gasteiger charge is 2.18. The first kappa shape index (κ1) is 13.2. The minimum atomic E-state index is -0.247. The number of hydrogen-bond acceptors (Lipinski definition) is 2. The zero-order chi connectivity index (χ0) is 13.9. The third kappa shape index (κ3) is 2.45. The van der Waals surface area contributed by atoms with Gasteiger partial charge in [-0.25, -0.2) is 4.79 Å². The summed E-state index contributed by atoms with van der Waals surface area (Å²) in [7, 11) is 1.44. The zero-order valence-corrected chi connectivity index (χ0v) is 12.0. The largest absolute Gasteiger partial charge is 0.465 e. The van der Waals surface area contributed by atoms with Crippen molar-refractivity contribution in [1.82, 2.24) is 4.57 Å². The number of fused-ring (bicyclic) bond motifs is 1. The summed E-state index contributed by atoms with van der Waals surface area (Å²) in [6.45, 7) is 1.01. The molecule has 3 nitrogen and oxygen atoms in total. The van der Waals surface area contributed by atoms with Crippen molar-refractivity contribution in [2.45, 2.75) is 38.6 Å². The molecule has 0 unspecified atom stereocenters. The summed E-state index contributed by atoms with van der Waals surface area (Å²) >= 11 is 0. The maximum atomic E-state index is 11.9. The third-order valence-electron chi connectivity index (χ3n) is 4.37. The summed E-state index contributed by atoms with van der Waals surface area (Å²) in [6, 6.07) is 8.09. The molecule has 1 aliphatic carbocycles. The van der Waals surface area contributed by atoms with Crippen LogP contribution in [0.5, 0.6) is 0 Å². The monoisotopic (exact) mass is 271 g/mol. The Morgan fingerprint density at radius 2 is 2.00 bits per heavy atom. The van der Waals surface area contributed by atoms with Crippen LogP contribution in [0, 0.1) is 5.92 Å². The fraction of sp³-hybridized carbons (Fsp3) is 0.471. The maximum absolute atomic E-state index is 11.9. The number of esters is 1. The molecule has 20 heavy (non-hydrogen) atoms. The van der Waals surface area contributed by atoms with Gasteiger partial charge in [-0.05, 0) is 24.8 Å². The van der Waals surface area contributed by atoms with E-state index in [1.807, 2.05) is 24.4 Å². The van der Waals surface area contributed by atoms with Gasteiger partial charge >= 0.3 is 5.97 Å². The predicted molar refractivity (Wildman–Crippen MR) is 79.9 cm³/mol. The second-order valence-electron chi connectivity index (χ2n) is 5.71. The van der Waals surface area contributed by atoms with Crippen molar-refractivity contribution in [2.24, 2.45) is 5.92 Å². The molecule has 0 spiro atoms. The Bertz CT molecular complexity index is 608. The number of benzene rings is 1. The van der Waals surface area contributed by atoms with E-state index >= 15 is 0 Å². The number of para-hydroxylation sites is 1. The number of ether oxygens (including phenoxy) is 1. The van der Waals surface area contributed by atoms with E-state index in [9.17, 15) is 4.79 Å². The molecule has 1 aromatic heterocycles. The standard InChI is InChI=1S/C17H21NO2/c1-20-17(19)15-12-18(11-13-7-3-2-4-8-13)16-10-6-5-9-14(15)16/h5-6,9-10,12-13H,2-4,7-8,11H2,1H3. The van der Waals surface area contributed by atoms with Crippen molar-refractivity contribution in [2.75, 3.05) is 7.11 Å². The van der Waals surface area contributed by atoms with Gasteiger partial charge in [-0.1, -0.05) is 37.5 Å². The maximum Gasteiger partial charge on any atom is 0.340 e. The molecule has 0 atom stereocenters. The molecule has 0 saturated heterocycles. The molecule has 3 heteroatoms. The molecule has 1 saturated carbocycles. The SMILES string of the molecule is COC(=O)c1cn(CC2CCCCC2)c2ccccc12. The van der Waals surface area contributed by atoms with Gasteiger partial charge in [0.1, 0.15) is 0 Å². The highest BCUT2D eigenvalue weighted by Crippen LogP contribution is 2.28. The molecular formula is C17H21NO2. The average molecular weight is 271 g/mol. The Morgan fingerprint density at radius 3 is 2.75 bits per heavy atom. The molecule has 0 amide bonds. The molecule has 0 radical (unpaired) electrons. The number of hydrogen-bond donors (Lipinski definition) is 0. The fourth-order valence-electron chi connectivity index (χ4n) is 3.32. The molecule has 3 rings (SSSR count). The van der Waals surface area contributed by atoms with E-state index in [4.69, 9.17) is 4.74 Å². The Balaban J connectivity index is 1.95. The summed E-state index contributed by atoms with van der Waals surface area (Å²) in [4.78, 5) is 11.9. The van der Waals surface area contributed by atoms with Gasteiger partial charge in [0.2, 0.25) is 0 Å². The van der Waals surface area contributed by atoms with Crippen LogP contribution in [0.15, 0.2) is 30.5 Å². The van der Waals surface area contributed by atoms with Gasteiger partial charge in [0.25, 0.3) is 0 Å². The van der Waals surface area contributed by atoms with Crippen LogP contribution >= 0.6 is 0 Å². The molecule has 106 valence electrons. The Hall–Kier alpha value is -1.77. The van der Waals surface area contributed by atoms with Crippen LogP contribution in [-0.2, 0) is 11.3 Å². The lowest BCUT2D eigenvalue weighted by Crippen LogP contribution is -2.13. The summed E-state index contributed by atoms with van der Waals surface area (Å²) in [5.74, 6) is 0.494. The molecule has 1 fully saturated rings. The lowest BCUT2D eigenvalue weighted by molar-refractivity contribution is 0.0602. The second kappa shape index (κ2) is 5.70. The lowest BCUT2D eigenvalue weighted by atomic mass is 9.89. The molecule has 0 bridgehead atoms. The quantitative estimate of drug-likeness (QED) is 0.790. The van der Waals surface area contributed by atoms with Crippen LogP contribution in [-0.4, -0.2) is 17.6 Å². The normalized spacial score (nSPS) is 16.4. The summed E-state index contributed by atoms with van der Waals surface area (Å²) in [5, 5.41) is 0.996. The topological polar surface area (TPSA) is 31.2 Å². The molecular weight excluding hydrogens is 250 g/mol. The first-order chi connectivity index (χ1) is 9.79. The first-order valence-corrected chi connectivity index (χ1v) is 7.46. The van der Waals surface area contributed by atoms with E-state index in [1.54, 1.807) is 0 Å². The number of aromatic nitrogens is 1. The van der Waals surface area contributed by atoms with Crippen molar-refractivity contribution in [1.29, 1.82) is 0 Å². The lowest BCUT2D eigenvalue weighted by Gasteiger charge is -2.22. The molecule has 2 aromatic rings. The van der Waals surface area contributed by atoms with Crippen molar-refractivity contribution < 1.29 is 9.53 Å². The fourth-order valence-corrected chi connectivity index (χ4v) is 3.32. The van der Waals surface area contributed by atoms with Gasteiger partial charge in [0.05, 0.1) is 12.7 Å². The van der Waals surface area contributed by atoms with E-state index in [1.165, 1.54) is 39.2 Å². The van der Waals surface area contributed by atoms with Crippen LogP contribution in [0.1, 0.15) is 42.5 Å². The summed E-state index contributed by atoms with van der Waals surface area (Å²) in [6.07, 6.45) is 8.63. The van der Waals surface area contributed by atoms with Gasteiger partial charge in [-0.15, -0.1) is 0 Å². The average Bonchev–Trinajstić information content (AvgIpc) is 2.87. The second-order valence-corrected chi connectivity index (χ2v) is 5.71. The van der Waals surface area contributed by atoms with E-state index in [0.29, 0.717) is 5.56 Å². The predicted octanol–water partition coefficient (Wildman–Crippen LogP) is 4.01. The van der Waals surface area contributed by atoms with Gasteiger partial charge in [-0.2, -0.15) is 0 Å². The van der Waals surface area contributed by atoms with E-state index in [-0.39, 0.29) is 5.97 Å². The summed E-state index contributed by atoms with van der Waals surface area (Å²) in [5.41, 5.74) is 1.82. The highest BCUT2D eigenvalue weighted by atomic mass is 16.5. The van der Waals surface area contributed by atoms with Crippen molar-refractivity contribution in [3.8, 4) is 0 Å². The van der Waals surface area contributed by atoms with Crippen molar-refractivity contribution in [3.63, 3.8) is 0 Å². The first-order valence-electron chi connectivity index (χ1n) is 7.46. The van der Waals surface area contributed by atoms with Gasteiger partial charge in [0, 0.05) is 23.6 Å². The van der Waals surface area contributed by atoms with Gasteiger partial charge in [-0.3, -0.25) is 0 Å².